The molecule has 2 amide bonds. The lowest BCUT2D eigenvalue weighted by Crippen LogP contribution is -2.82. The molecule has 4 aliphatic rings. The number of nitrogens with zero attached hydrogens (tertiary/aromatic N) is 1. The molecule has 3 fully saturated rings. The summed E-state index contributed by atoms with van der Waals surface area (Å²) in [6.45, 7) is 12.3. The molecule has 2 unspecified atom stereocenters. The second-order valence-corrected chi connectivity index (χ2v) is 23.4. The molecule has 5 rings (SSSR count). The van der Waals surface area contributed by atoms with Crippen LogP contribution in [0.15, 0.2) is 114 Å². The van der Waals surface area contributed by atoms with Crippen LogP contribution in [0.25, 0.3) is 0 Å². The number of rotatable bonds is 23. The number of amides is 2. The summed E-state index contributed by atoms with van der Waals surface area (Å²) < 4.78 is 86.9. The molecule has 18 nitrogen and oxygen atoms in total. The van der Waals surface area contributed by atoms with Gasteiger partial charge in [0.15, 0.2) is 23.5 Å². The average molecular weight is 1180 g/mol. The number of halogens is 3. The van der Waals surface area contributed by atoms with Gasteiger partial charge in [-0.05, 0) is 103 Å². The molecule has 1 aromatic carbocycles. The van der Waals surface area contributed by atoms with Gasteiger partial charge in [-0.3, -0.25) is 14.4 Å². The maximum absolute atomic E-state index is 15.8. The van der Waals surface area contributed by atoms with Crippen LogP contribution in [0.4, 0.5) is 22.8 Å². The SMILES string of the molecule is CC/C=C\C/C=C\C/C=C\C/C=C\C/C=C\C/C=C\CCC(=O)O[C@@H](C(=O)O[C@H]1C[C@@]2(O)C(OC(=O)c3ccccc3)C3[C@](C)(C(=O)[C@H](OC(=O)N(C)C)C(=C1C)C2(C)C)[C@@H](O)C[C@H]1OC[C@@]31OC(C)=O)[C@@H](NC(=O)OC(C)(C)C)C(F)(F)F. The van der Waals surface area contributed by atoms with Gasteiger partial charge < -0.3 is 53.6 Å². The molecule has 462 valence electrons. The second-order valence-electron chi connectivity index (χ2n) is 23.4. The summed E-state index contributed by atoms with van der Waals surface area (Å²) in [5.74, 6) is -7.98. The molecule has 2 bridgehead atoms. The van der Waals surface area contributed by atoms with Crippen molar-refractivity contribution in [2.45, 2.75) is 192 Å². The summed E-state index contributed by atoms with van der Waals surface area (Å²) in [6.07, 6.45) is 6.51. The number of aliphatic hydroxyl groups excluding tert-OH is 1. The van der Waals surface area contributed by atoms with Crippen LogP contribution < -0.4 is 5.32 Å². The molecule has 0 spiro atoms. The minimum absolute atomic E-state index is 0.0445. The van der Waals surface area contributed by atoms with Crippen molar-refractivity contribution in [3.05, 3.63) is 120 Å². The van der Waals surface area contributed by atoms with E-state index in [1.54, 1.807) is 23.5 Å². The Balaban J connectivity index is 1.53. The average Bonchev–Trinajstić information content (AvgIpc) is 0.677. The Bertz CT molecular complexity index is 2740. The summed E-state index contributed by atoms with van der Waals surface area (Å²) in [6, 6.07) is 4.13. The number of carbonyl (C=O) groups is 7. The molecule has 2 saturated carbocycles. The molecule has 1 aromatic rings. The summed E-state index contributed by atoms with van der Waals surface area (Å²) in [4.78, 5) is 99.8. The van der Waals surface area contributed by atoms with Crippen molar-refractivity contribution in [3.63, 3.8) is 0 Å². The maximum Gasteiger partial charge on any atom is 0.413 e. The summed E-state index contributed by atoms with van der Waals surface area (Å²) >= 11 is 0. The third-order valence-electron chi connectivity index (χ3n) is 15.7. The fraction of sp³-hybridized carbons (Fsp3) is 0.571. The number of nitrogens with one attached hydrogen (secondary N) is 1. The molecule has 0 radical (unpaired) electrons. The van der Waals surface area contributed by atoms with Gasteiger partial charge in [-0.2, -0.15) is 13.2 Å². The smallest absolute Gasteiger partial charge is 0.413 e. The Hall–Kier alpha value is -6.84. The third-order valence-corrected chi connectivity index (χ3v) is 15.7. The number of allylic oxidation sites excluding steroid dienone is 12. The van der Waals surface area contributed by atoms with Crippen LogP contribution in [0.2, 0.25) is 0 Å². The highest BCUT2D eigenvalue weighted by atomic mass is 19.4. The van der Waals surface area contributed by atoms with Crippen molar-refractivity contribution < 1.29 is 90.1 Å². The number of hydrogen-bond donors (Lipinski definition) is 3. The zero-order valence-corrected chi connectivity index (χ0v) is 49.9. The van der Waals surface area contributed by atoms with Crippen molar-refractivity contribution in [2.75, 3.05) is 20.7 Å². The van der Waals surface area contributed by atoms with Crippen LogP contribution in [0.1, 0.15) is 137 Å². The fourth-order valence-electron chi connectivity index (χ4n) is 11.3. The molecule has 1 saturated heterocycles. The number of alkyl carbamates (subject to hydrolysis) is 1. The van der Waals surface area contributed by atoms with Gasteiger partial charge in [0.05, 0.1) is 29.6 Å². The fourth-order valence-corrected chi connectivity index (χ4v) is 11.3. The standard InChI is InChI=1S/C63H83F3N2O16/c1-12-13-14-15-16-17-18-19-20-21-22-23-24-25-26-27-28-29-33-36-46(71)80-49(51(63(64,65)66)67-56(75)84-58(4,5)6)55(74)79-43-38-62(77)53(82-54(73)42-34-31-30-32-35-42)50-60(9,44(70)37-45-61(50,39-78-45)83-41(3)69)52(72)48(81-57(76)68(10)11)47(40(43)2)59(62,7)8/h13-14,16-17,19-20,22-23,25-26,28-32,34-35,43-45,48-51,53,70,77H,12,15,18,21,24,27,33,36-39H2,1-11H3,(H,67,75)/b14-13-,17-16-,20-19-,23-22-,26-25-,29-28-/t43-,44-,45+,48+,49+,50?,51+,53?,60+,61-,62+/m0/s1. The molecule has 3 aliphatic carbocycles. The van der Waals surface area contributed by atoms with E-state index in [1.807, 2.05) is 24.3 Å². The molecule has 0 aromatic heterocycles. The molecule has 1 heterocycles. The van der Waals surface area contributed by atoms with Crippen LogP contribution in [-0.4, -0.2) is 143 Å². The molecular formula is C63H83F3N2O16. The van der Waals surface area contributed by atoms with Gasteiger partial charge in [0.25, 0.3) is 0 Å². The maximum atomic E-state index is 15.8. The highest BCUT2D eigenvalue weighted by Crippen LogP contribution is 2.64. The molecule has 3 N–H and O–H groups in total. The monoisotopic (exact) mass is 1180 g/mol. The number of benzene rings is 1. The van der Waals surface area contributed by atoms with Gasteiger partial charge in [0.1, 0.15) is 29.5 Å². The largest absolute Gasteiger partial charge is 0.455 e. The summed E-state index contributed by atoms with van der Waals surface area (Å²) in [5, 5.41) is 27.8. The number of carbonyl (C=O) groups excluding carboxylic acids is 7. The van der Waals surface area contributed by atoms with Crippen LogP contribution >= 0.6 is 0 Å². The van der Waals surface area contributed by atoms with Crippen molar-refractivity contribution in [1.29, 1.82) is 0 Å². The van der Waals surface area contributed by atoms with Crippen LogP contribution in [0.3, 0.4) is 0 Å². The second kappa shape index (κ2) is 28.8. The lowest BCUT2D eigenvalue weighted by Gasteiger charge is -2.67. The molecule has 21 heteroatoms. The Morgan fingerprint density at radius 3 is 1.87 bits per heavy atom. The Morgan fingerprint density at radius 2 is 1.38 bits per heavy atom. The molecule has 1 aliphatic heterocycles. The van der Waals surface area contributed by atoms with Gasteiger partial charge in [-0.25, -0.2) is 19.2 Å². The van der Waals surface area contributed by atoms with E-state index in [4.69, 9.17) is 33.2 Å². The van der Waals surface area contributed by atoms with E-state index in [-0.39, 0.29) is 29.6 Å². The Labute approximate surface area is 490 Å². The van der Waals surface area contributed by atoms with E-state index in [1.165, 1.54) is 86.8 Å². The van der Waals surface area contributed by atoms with Gasteiger partial charge >= 0.3 is 42.2 Å². The normalized spacial score (nSPS) is 27.6. The van der Waals surface area contributed by atoms with Crippen molar-refractivity contribution in [1.82, 2.24) is 10.2 Å². The molecule has 84 heavy (non-hydrogen) atoms. The van der Waals surface area contributed by atoms with Gasteiger partial charge in [0, 0.05) is 45.7 Å². The van der Waals surface area contributed by atoms with Crippen molar-refractivity contribution >= 4 is 41.8 Å². The third kappa shape index (κ3) is 16.1. The number of ether oxygens (including phenoxy) is 7. The lowest BCUT2D eigenvalue weighted by atomic mass is 9.44. The van der Waals surface area contributed by atoms with E-state index in [0.29, 0.717) is 12.8 Å². The highest BCUT2D eigenvalue weighted by Gasteiger charge is 2.78. The predicted molar refractivity (Wildman–Crippen MR) is 304 cm³/mol. The topological polar surface area (TPSA) is 240 Å². The first kappa shape index (κ1) is 67.9. The highest BCUT2D eigenvalue weighted by molar-refractivity contribution is 5.96. The van der Waals surface area contributed by atoms with Crippen LogP contribution in [0.5, 0.6) is 0 Å². The number of ketones is 1. The molecular weight excluding hydrogens is 1100 g/mol. The van der Waals surface area contributed by atoms with Crippen molar-refractivity contribution in [2.24, 2.45) is 16.7 Å². The number of fused-ring (bicyclic) bond motifs is 5. The summed E-state index contributed by atoms with van der Waals surface area (Å²) in [7, 11) is 2.62. The first-order valence-electron chi connectivity index (χ1n) is 28.3. The van der Waals surface area contributed by atoms with E-state index < -0.39 is 144 Å². The Morgan fingerprint density at radius 1 is 0.833 bits per heavy atom. The van der Waals surface area contributed by atoms with E-state index in [0.717, 1.165) is 37.5 Å². The zero-order valence-electron chi connectivity index (χ0n) is 49.9. The molecule has 11 atom stereocenters. The van der Waals surface area contributed by atoms with Gasteiger partial charge in [-0.1, -0.05) is 112 Å². The van der Waals surface area contributed by atoms with Crippen LogP contribution in [0, 0.1) is 16.7 Å². The van der Waals surface area contributed by atoms with Gasteiger partial charge in [-0.15, -0.1) is 0 Å². The predicted octanol–water partition coefficient (Wildman–Crippen LogP) is 10.2. The number of esters is 4. The lowest BCUT2D eigenvalue weighted by molar-refractivity contribution is -0.346. The van der Waals surface area contributed by atoms with Crippen molar-refractivity contribution in [3.8, 4) is 0 Å². The summed E-state index contributed by atoms with van der Waals surface area (Å²) in [5.41, 5.74) is -10.6. The first-order valence-corrected chi connectivity index (χ1v) is 28.3. The quantitative estimate of drug-likeness (QED) is 0.0524. The number of alkyl halides is 3. The van der Waals surface area contributed by atoms with Gasteiger partial charge in [0.2, 0.25) is 6.10 Å². The number of hydrogen-bond acceptors (Lipinski definition) is 16. The number of Topliss-reactive ketones (excluding diaryl/α,β-unsaturated/α-hetero) is 1. The first-order chi connectivity index (χ1) is 39.4. The van der Waals surface area contributed by atoms with Crippen LogP contribution in [-0.2, 0) is 52.3 Å². The Kier molecular flexibility index (Phi) is 23.3. The minimum Gasteiger partial charge on any atom is -0.455 e. The van der Waals surface area contributed by atoms with E-state index >= 15 is 18.0 Å². The zero-order chi connectivity index (χ0) is 62.4. The minimum atomic E-state index is -5.54. The van der Waals surface area contributed by atoms with E-state index in [2.05, 4.69) is 43.4 Å². The van der Waals surface area contributed by atoms with E-state index in [9.17, 15) is 39.0 Å². The number of aliphatic hydroxyl groups is 2.